The number of aromatic nitrogens is 1. The first-order valence-corrected chi connectivity index (χ1v) is 10.9. The number of allylic oxidation sites excluding steroid dienone is 1. The van der Waals surface area contributed by atoms with Crippen molar-refractivity contribution in [2.24, 2.45) is 7.05 Å². The molecule has 2 aromatic heterocycles. The largest absolute Gasteiger partial charge is 0.452 e. The Bertz CT molecular complexity index is 1670. The summed E-state index contributed by atoms with van der Waals surface area (Å²) in [5.74, 6) is -0.0620. The lowest BCUT2D eigenvalue weighted by molar-refractivity contribution is 0.0703. The van der Waals surface area contributed by atoms with Gasteiger partial charge in [0.2, 0.25) is 11.5 Å². The second-order valence-electron chi connectivity index (χ2n) is 7.99. The van der Waals surface area contributed by atoms with Gasteiger partial charge in [0.25, 0.3) is 0 Å². The first kappa shape index (κ1) is 20.3. The number of esters is 1. The minimum Gasteiger partial charge on any atom is -0.452 e. The second kappa shape index (κ2) is 7.64. The Kier molecular flexibility index (Phi) is 4.57. The molecule has 0 saturated carbocycles. The van der Waals surface area contributed by atoms with Crippen molar-refractivity contribution >= 4 is 51.3 Å². The third-order valence-corrected chi connectivity index (χ3v) is 5.98. The van der Waals surface area contributed by atoms with Crippen LogP contribution in [0.5, 0.6) is 11.5 Å². The number of aryl methyl sites for hydroxylation is 1. The molecule has 0 atom stereocenters. The van der Waals surface area contributed by atoms with Crippen molar-refractivity contribution in [1.29, 1.82) is 0 Å². The molecular formula is C27H16ClNO5. The van der Waals surface area contributed by atoms with E-state index in [9.17, 15) is 9.59 Å². The molecule has 0 unspecified atom stereocenters. The van der Waals surface area contributed by atoms with E-state index in [1.165, 1.54) is 6.07 Å². The SMILES string of the molecule is Cn1cc(/C=C2\Oc3cc(OC(=O)c4cc5cc(Cl)ccc5o4)ccc3C2=O)c2ccccc21. The van der Waals surface area contributed by atoms with E-state index >= 15 is 0 Å². The first-order valence-electron chi connectivity index (χ1n) is 10.5. The van der Waals surface area contributed by atoms with Gasteiger partial charge in [0.05, 0.1) is 5.56 Å². The molecule has 1 aliphatic rings. The highest BCUT2D eigenvalue weighted by Gasteiger charge is 2.28. The van der Waals surface area contributed by atoms with Crippen molar-refractivity contribution in [1.82, 2.24) is 4.57 Å². The molecule has 0 N–H and O–H groups in total. The van der Waals surface area contributed by atoms with Crippen molar-refractivity contribution in [2.75, 3.05) is 0 Å². The standard InChI is InChI=1S/C27H16ClNO5/c1-29-14-16(19-4-2-3-5-21(19)29)12-24-26(30)20-8-7-18(13-23(20)34-24)32-27(31)25-11-15-10-17(28)6-9-22(15)33-25/h2-14H,1H3/b24-12-. The highest BCUT2D eigenvalue weighted by molar-refractivity contribution is 6.31. The van der Waals surface area contributed by atoms with Gasteiger partial charge < -0.3 is 18.5 Å². The molecule has 0 spiro atoms. The zero-order valence-corrected chi connectivity index (χ0v) is 18.6. The predicted molar refractivity (Wildman–Crippen MR) is 128 cm³/mol. The summed E-state index contributed by atoms with van der Waals surface area (Å²) in [5.41, 5.74) is 2.87. The highest BCUT2D eigenvalue weighted by atomic mass is 35.5. The number of ether oxygens (including phenoxy) is 2. The number of rotatable bonds is 3. The number of fused-ring (bicyclic) bond motifs is 3. The van der Waals surface area contributed by atoms with Crippen LogP contribution >= 0.6 is 11.6 Å². The fourth-order valence-electron chi connectivity index (χ4n) is 4.13. The van der Waals surface area contributed by atoms with Crippen LogP contribution in [0.25, 0.3) is 27.9 Å². The van der Waals surface area contributed by atoms with Crippen LogP contribution in [0.3, 0.4) is 0 Å². The fraction of sp³-hybridized carbons (Fsp3) is 0.0370. The van der Waals surface area contributed by atoms with E-state index in [1.807, 2.05) is 42.1 Å². The van der Waals surface area contributed by atoms with Crippen molar-refractivity contribution in [3.8, 4) is 11.5 Å². The zero-order valence-electron chi connectivity index (χ0n) is 17.9. The van der Waals surface area contributed by atoms with Gasteiger partial charge in [0, 0.05) is 46.2 Å². The summed E-state index contributed by atoms with van der Waals surface area (Å²) < 4.78 is 18.9. The minimum absolute atomic E-state index is 0.0475. The molecule has 1 aliphatic heterocycles. The lowest BCUT2D eigenvalue weighted by atomic mass is 10.1. The molecule has 0 radical (unpaired) electrons. The molecule has 6 nitrogen and oxygen atoms in total. The Morgan fingerprint density at radius 2 is 1.91 bits per heavy atom. The topological polar surface area (TPSA) is 70.7 Å². The van der Waals surface area contributed by atoms with Crippen molar-refractivity contribution < 1.29 is 23.5 Å². The van der Waals surface area contributed by atoms with E-state index in [4.69, 9.17) is 25.5 Å². The lowest BCUT2D eigenvalue weighted by Crippen LogP contribution is -2.07. The average molecular weight is 470 g/mol. The number of para-hydroxylation sites is 1. The fourth-order valence-corrected chi connectivity index (χ4v) is 4.31. The van der Waals surface area contributed by atoms with Gasteiger partial charge in [-0.3, -0.25) is 4.79 Å². The van der Waals surface area contributed by atoms with Crippen LogP contribution in [-0.2, 0) is 7.05 Å². The Balaban J connectivity index is 1.26. The molecule has 6 rings (SSSR count). The number of carbonyl (C=O) groups is 2. The second-order valence-corrected chi connectivity index (χ2v) is 8.43. The van der Waals surface area contributed by atoms with Gasteiger partial charge >= 0.3 is 5.97 Å². The maximum absolute atomic E-state index is 12.9. The predicted octanol–water partition coefficient (Wildman–Crippen LogP) is 6.41. The number of hydrogen-bond donors (Lipinski definition) is 0. The first-order chi connectivity index (χ1) is 16.5. The lowest BCUT2D eigenvalue weighted by Gasteiger charge is -2.04. The highest BCUT2D eigenvalue weighted by Crippen LogP contribution is 2.36. The number of benzene rings is 3. The summed E-state index contributed by atoms with van der Waals surface area (Å²) >= 11 is 5.99. The summed E-state index contributed by atoms with van der Waals surface area (Å²) in [5, 5.41) is 2.26. The molecule has 5 aromatic rings. The molecule has 7 heteroatoms. The number of carbonyl (C=O) groups excluding carboxylic acids is 2. The summed E-state index contributed by atoms with van der Waals surface area (Å²) in [6, 6.07) is 19.2. The molecule has 166 valence electrons. The summed E-state index contributed by atoms with van der Waals surface area (Å²) in [6.45, 7) is 0. The molecule has 34 heavy (non-hydrogen) atoms. The Hall–Kier alpha value is -4.29. The molecule has 3 aromatic carbocycles. The van der Waals surface area contributed by atoms with E-state index in [-0.39, 0.29) is 23.1 Å². The van der Waals surface area contributed by atoms with Crippen molar-refractivity contribution in [2.45, 2.75) is 0 Å². The monoisotopic (exact) mass is 469 g/mol. The molecule has 0 bridgehead atoms. The normalized spacial score (nSPS) is 14.1. The number of ketones is 1. The van der Waals surface area contributed by atoms with Crippen LogP contribution in [0, 0.1) is 0 Å². The maximum atomic E-state index is 12.9. The van der Waals surface area contributed by atoms with Gasteiger partial charge in [-0.2, -0.15) is 0 Å². The van der Waals surface area contributed by atoms with Crippen LogP contribution in [0.1, 0.15) is 26.5 Å². The van der Waals surface area contributed by atoms with Crippen LogP contribution in [0.2, 0.25) is 5.02 Å². The van der Waals surface area contributed by atoms with Crippen molar-refractivity contribution in [3.63, 3.8) is 0 Å². The Labute approximate surface area is 198 Å². The van der Waals surface area contributed by atoms with Gasteiger partial charge in [-0.15, -0.1) is 0 Å². The number of furan rings is 1. The van der Waals surface area contributed by atoms with Crippen LogP contribution in [-0.4, -0.2) is 16.3 Å². The van der Waals surface area contributed by atoms with Gasteiger partial charge in [-0.05, 0) is 48.5 Å². The van der Waals surface area contributed by atoms with E-state index in [0.29, 0.717) is 27.3 Å². The Morgan fingerprint density at radius 3 is 2.79 bits per heavy atom. The molecule has 3 heterocycles. The van der Waals surface area contributed by atoms with E-state index < -0.39 is 5.97 Å². The van der Waals surface area contributed by atoms with Crippen LogP contribution < -0.4 is 9.47 Å². The molecule has 0 fully saturated rings. The number of hydrogen-bond acceptors (Lipinski definition) is 5. The van der Waals surface area contributed by atoms with Crippen LogP contribution in [0.4, 0.5) is 0 Å². The van der Waals surface area contributed by atoms with Gasteiger partial charge in [0.1, 0.15) is 17.1 Å². The Morgan fingerprint density at radius 1 is 1.06 bits per heavy atom. The third-order valence-electron chi connectivity index (χ3n) is 5.75. The number of Topliss-reactive ketones (excluding diaryl/α,β-unsaturated/α-hetero) is 1. The van der Waals surface area contributed by atoms with Gasteiger partial charge in [0.15, 0.2) is 5.76 Å². The molecular weight excluding hydrogens is 454 g/mol. The van der Waals surface area contributed by atoms with Crippen molar-refractivity contribution in [3.05, 3.63) is 101 Å². The summed E-state index contributed by atoms with van der Waals surface area (Å²) in [7, 11) is 1.95. The zero-order chi connectivity index (χ0) is 23.4. The van der Waals surface area contributed by atoms with E-state index in [1.54, 1.807) is 42.5 Å². The maximum Gasteiger partial charge on any atom is 0.379 e. The van der Waals surface area contributed by atoms with Crippen LogP contribution in [0.15, 0.2) is 83.1 Å². The summed E-state index contributed by atoms with van der Waals surface area (Å²) in [4.78, 5) is 25.5. The van der Waals surface area contributed by atoms with Gasteiger partial charge in [-0.25, -0.2) is 4.79 Å². The molecule has 0 aliphatic carbocycles. The van der Waals surface area contributed by atoms with Gasteiger partial charge in [-0.1, -0.05) is 29.8 Å². The molecule has 0 amide bonds. The third kappa shape index (κ3) is 3.36. The van der Waals surface area contributed by atoms with E-state index in [2.05, 4.69) is 0 Å². The quantitative estimate of drug-likeness (QED) is 0.173. The average Bonchev–Trinajstić information content (AvgIpc) is 3.48. The minimum atomic E-state index is -0.664. The summed E-state index contributed by atoms with van der Waals surface area (Å²) in [6.07, 6.45) is 3.68. The smallest absolute Gasteiger partial charge is 0.379 e. The number of halogens is 1. The van der Waals surface area contributed by atoms with E-state index in [0.717, 1.165) is 16.5 Å². The molecule has 0 saturated heterocycles. The number of nitrogens with zero attached hydrogens (tertiary/aromatic N) is 1.